The van der Waals surface area contributed by atoms with E-state index in [0.717, 1.165) is 12.0 Å². The molecular weight excluding hydrogens is 270 g/mol. The van der Waals surface area contributed by atoms with Gasteiger partial charge in [-0.3, -0.25) is 9.59 Å². The minimum Gasteiger partial charge on any atom is -0.481 e. The van der Waals surface area contributed by atoms with Crippen molar-refractivity contribution in [3.63, 3.8) is 0 Å². The van der Waals surface area contributed by atoms with Crippen molar-refractivity contribution < 1.29 is 19.4 Å². The first-order chi connectivity index (χ1) is 10.1. The second kappa shape index (κ2) is 7.22. The number of carboxylic acid groups (broad SMARTS) is 1. The molecule has 2 N–H and O–H groups in total. The van der Waals surface area contributed by atoms with Crippen LogP contribution in [0.5, 0.6) is 0 Å². The molecule has 1 aromatic carbocycles. The molecule has 0 aliphatic carbocycles. The minimum absolute atomic E-state index is 0.0148. The molecule has 1 aliphatic heterocycles. The van der Waals surface area contributed by atoms with Gasteiger partial charge in [0.1, 0.15) is 6.10 Å². The van der Waals surface area contributed by atoms with E-state index in [1.165, 1.54) is 0 Å². The summed E-state index contributed by atoms with van der Waals surface area (Å²) in [5.74, 6) is -0.823. The first-order valence-electron chi connectivity index (χ1n) is 7.26. The van der Waals surface area contributed by atoms with Crippen LogP contribution in [0.3, 0.4) is 0 Å². The van der Waals surface area contributed by atoms with Crippen molar-refractivity contribution >= 4 is 11.9 Å². The zero-order valence-corrected chi connectivity index (χ0v) is 12.1. The Balaban J connectivity index is 2.04. The molecule has 3 atom stereocenters. The molecule has 114 valence electrons. The van der Waals surface area contributed by atoms with Crippen molar-refractivity contribution in [2.24, 2.45) is 5.92 Å². The van der Waals surface area contributed by atoms with Crippen LogP contribution in [-0.2, 0) is 14.3 Å². The number of hydrogen-bond acceptors (Lipinski definition) is 3. The molecule has 1 aromatic rings. The van der Waals surface area contributed by atoms with Crippen molar-refractivity contribution in [1.29, 1.82) is 0 Å². The Labute approximate surface area is 124 Å². The van der Waals surface area contributed by atoms with Crippen molar-refractivity contribution in [3.05, 3.63) is 35.9 Å². The Bertz CT molecular complexity index is 488. The molecule has 2 rings (SSSR count). The van der Waals surface area contributed by atoms with Gasteiger partial charge in [0.05, 0.1) is 6.04 Å². The van der Waals surface area contributed by atoms with Crippen LogP contribution in [0, 0.1) is 5.92 Å². The fourth-order valence-electron chi connectivity index (χ4n) is 2.56. The molecule has 5 heteroatoms. The highest BCUT2D eigenvalue weighted by Crippen LogP contribution is 2.23. The molecule has 0 aromatic heterocycles. The standard InChI is InChI=1S/C16H21NO4/c1-11-9-10-21-15(11)16(20)17-13(7-8-14(18)19)12-5-3-2-4-6-12/h2-6,11,13,15H,7-10H2,1H3,(H,17,20)(H,18,19). The lowest BCUT2D eigenvalue weighted by molar-refractivity contribution is -0.138. The zero-order valence-electron chi connectivity index (χ0n) is 12.1. The number of carbonyl (C=O) groups excluding carboxylic acids is 1. The van der Waals surface area contributed by atoms with E-state index in [2.05, 4.69) is 5.32 Å². The summed E-state index contributed by atoms with van der Waals surface area (Å²) >= 11 is 0. The maximum absolute atomic E-state index is 12.3. The Kier molecular flexibility index (Phi) is 5.33. The number of carbonyl (C=O) groups is 2. The van der Waals surface area contributed by atoms with Crippen LogP contribution in [0.1, 0.15) is 37.8 Å². The van der Waals surface area contributed by atoms with Crippen LogP contribution < -0.4 is 5.32 Å². The van der Waals surface area contributed by atoms with Gasteiger partial charge in [-0.25, -0.2) is 0 Å². The molecule has 1 fully saturated rings. The molecule has 5 nitrogen and oxygen atoms in total. The summed E-state index contributed by atoms with van der Waals surface area (Å²) in [6, 6.07) is 9.14. The van der Waals surface area contributed by atoms with Crippen molar-refractivity contribution in [3.8, 4) is 0 Å². The average Bonchev–Trinajstić information content (AvgIpc) is 2.90. The van der Waals surface area contributed by atoms with E-state index in [0.29, 0.717) is 13.0 Å². The van der Waals surface area contributed by atoms with Gasteiger partial charge in [0.15, 0.2) is 0 Å². The van der Waals surface area contributed by atoms with E-state index in [-0.39, 0.29) is 24.3 Å². The quantitative estimate of drug-likeness (QED) is 0.842. The van der Waals surface area contributed by atoms with Gasteiger partial charge in [0, 0.05) is 13.0 Å². The lowest BCUT2D eigenvalue weighted by Crippen LogP contribution is -2.39. The summed E-state index contributed by atoms with van der Waals surface area (Å²) in [5.41, 5.74) is 0.915. The van der Waals surface area contributed by atoms with Gasteiger partial charge in [0.25, 0.3) is 0 Å². The van der Waals surface area contributed by atoms with Crippen LogP contribution in [-0.4, -0.2) is 29.7 Å². The van der Waals surface area contributed by atoms with Gasteiger partial charge >= 0.3 is 5.97 Å². The molecule has 0 spiro atoms. The summed E-state index contributed by atoms with van der Waals surface area (Å²) < 4.78 is 5.46. The topological polar surface area (TPSA) is 75.6 Å². The van der Waals surface area contributed by atoms with E-state index in [1.807, 2.05) is 37.3 Å². The van der Waals surface area contributed by atoms with Crippen LogP contribution in [0.25, 0.3) is 0 Å². The van der Waals surface area contributed by atoms with E-state index < -0.39 is 12.1 Å². The Morgan fingerprint density at radius 1 is 1.38 bits per heavy atom. The smallest absolute Gasteiger partial charge is 0.303 e. The largest absolute Gasteiger partial charge is 0.481 e. The molecule has 1 saturated heterocycles. The average molecular weight is 291 g/mol. The van der Waals surface area contributed by atoms with Gasteiger partial charge < -0.3 is 15.2 Å². The van der Waals surface area contributed by atoms with Gasteiger partial charge in [-0.05, 0) is 24.3 Å². The van der Waals surface area contributed by atoms with Gasteiger partial charge in [0.2, 0.25) is 5.91 Å². The monoisotopic (exact) mass is 291 g/mol. The number of benzene rings is 1. The fraction of sp³-hybridized carbons (Fsp3) is 0.500. The van der Waals surface area contributed by atoms with Gasteiger partial charge in [-0.15, -0.1) is 0 Å². The molecule has 1 heterocycles. The molecule has 3 unspecified atom stereocenters. The highest BCUT2D eigenvalue weighted by molar-refractivity contribution is 5.81. The third kappa shape index (κ3) is 4.29. The highest BCUT2D eigenvalue weighted by Gasteiger charge is 2.32. The summed E-state index contributed by atoms with van der Waals surface area (Å²) in [5, 5.41) is 11.8. The normalized spacial score (nSPS) is 22.7. The first-order valence-corrected chi connectivity index (χ1v) is 7.26. The number of amides is 1. The van der Waals surface area contributed by atoms with E-state index in [9.17, 15) is 9.59 Å². The predicted molar refractivity (Wildman–Crippen MR) is 77.7 cm³/mol. The Hall–Kier alpha value is -1.88. The molecule has 0 bridgehead atoms. The van der Waals surface area contributed by atoms with E-state index in [1.54, 1.807) is 0 Å². The Morgan fingerprint density at radius 2 is 2.10 bits per heavy atom. The second-order valence-corrected chi connectivity index (χ2v) is 5.46. The fourth-order valence-corrected chi connectivity index (χ4v) is 2.56. The molecule has 21 heavy (non-hydrogen) atoms. The number of hydrogen-bond donors (Lipinski definition) is 2. The molecule has 1 aliphatic rings. The van der Waals surface area contributed by atoms with Crippen molar-refractivity contribution in [1.82, 2.24) is 5.32 Å². The number of rotatable bonds is 6. The number of carboxylic acids is 1. The maximum Gasteiger partial charge on any atom is 0.303 e. The van der Waals surface area contributed by atoms with Crippen LogP contribution in [0.15, 0.2) is 30.3 Å². The first kappa shape index (κ1) is 15.5. The van der Waals surface area contributed by atoms with E-state index in [4.69, 9.17) is 9.84 Å². The number of nitrogens with one attached hydrogen (secondary N) is 1. The molecule has 0 radical (unpaired) electrons. The number of ether oxygens (including phenoxy) is 1. The summed E-state index contributed by atoms with van der Waals surface area (Å²) in [6.07, 6.45) is 0.831. The maximum atomic E-state index is 12.3. The van der Waals surface area contributed by atoms with Crippen LogP contribution in [0.4, 0.5) is 0 Å². The summed E-state index contributed by atoms with van der Waals surface area (Å²) in [7, 11) is 0. The molecule has 1 amide bonds. The Morgan fingerprint density at radius 3 is 2.67 bits per heavy atom. The SMILES string of the molecule is CC1CCOC1C(=O)NC(CCC(=O)O)c1ccccc1. The lowest BCUT2D eigenvalue weighted by atomic mass is 9.99. The predicted octanol–water partition coefficient (Wildman–Crippen LogP) is 2.13. The third-order valence-electron chi connectivity index (χ3n) is 3.81. The molecule has 0 saturated carbocycles. The van der Waals surface area contributed by atoms with E-state index >= 15 is 0 Å². The minimum atomic E-state index is -0.865. The summed E-state index contributed by atoms with van der Waals surface area (Å²) in [6.45, 7) is 2.59. The van der Waals surface area contributed by atoms with Crippen molar-refractivity contribution in [2.75, 3.05) is 6.61 Å². The summed E-state index contributed by atoms with van der Waals surface area (Å²) in [4.78, 5) is 23.1. The molecular formula is C16H21NO4. The number of aliphatic carboxylic acids is 1. The van der Waals surface area contributed by atoms with Gasteiger partial charge in [-0.1, -0.05) is 37.3 Å². The third-order valence-corrected chi connectivity index (χ3v) is 3.81. The van der Waals surface area contributed by atoms with Crippen LogP contribution >= 0.6 is 0 Å². The second-order valence-electron chi connectivity index (χ2n) is 5.46. The zero-order chi connectivity index (χ0) is 15.2. The van der Waals surface area contributed by atoms with Gasteiger partial charge in [-0.2, -0.15) is 0 Å². The van der Waals surface area contributed by atoms with Crippen LogP contribution in [0.2, 0.25) is 0 Å². The highest BCUT2D eigenvalue weighted by atomic mass is 16.5. The lowest BCUT2D eigenvalue weighted by Gasteiger charge is -2.22. The van der Waals surface area contributed by atoms with Crippen molar-refractivity contribution in [2.45, 2.75) is 38.3 Å².